The van der Waals surface area contributed by atoms with Gasteiger partial charge in [-0.2, -0.15) is 0 Å². The quantitative estimate of drug-likeness (QED) is 0.838. The summed E-state index contributed by atoms with van der Waals surface area (Å²) in [6, 6.07) is 7.71. The molecule has 0 unspecified atom stereocenters. The summed E-state index contributed by atoms with van der Waals surface area (Å²) >= 11 is 0. The van der Waals surface area contributed by atoms with E-state index in [0.29, 0.717) is 13.2 Å². The molecule has 0 aliphatic heterocycles. The van der Waals surface area contributed by atoms with Crippen molar-refractivity contribution in [3.8, 4) is 0 Å². The van der Waals surface area contributed by atoms with Gasteiger partial charge >= 0.3 is 5.97 Å². The van der Waals surface area contributed by atoms with E-state index < -0.39 is 23.2 Å². The van der Waals surface area contributed by atoms with E-state index in [2.05, 4.69) is 5.32 Å². The lowest BCUT2D eigenvalue weighted by molar-refractivity contribution is -0.140. The van der Waals surface area contributed by atoms with Gasteiger partial charge < -0.3 is 15.2 Å². The molecule has 1 amide bonds. The first-order chi connectivity index (χ1) is 9.89. The van der Waals surface area contributed by atoms with Crippen molar-refractivity contribution in [3.05, 3.63) is 35.4 Å². The number of ether oxygens (including phenoxy) is 1. The van der Waals surface area contributed by atoms with E-state index in [1.807, 2.05) is 38.1 Å². The molecule has 5 nitrogen and oxygen atoms in total. The zero-order valence-corrected chi connectivity index (χ0v) is 12.6. The highest BCUT2D eigenvalue weighted by Crippen LogP contribution is 2.58. The molecule has 1 saturated carbocycles. The van der Waals surface area contributed by atoms with Gasteiger partial charge in [-0.25, -0.2) is 0 Å². The maximum atomic E-state index is 12.2. The number of carboxylic acid groups (broad SMARTS) is 1. The third kappa shape index (κ3) is 3.08. The first-order valence-corrected chi connectivity index (χ1v) is 6.95. The van der Waals surface area contributed by atoms with Crippen LogP contribution in [0.3, 0.4) is 0 Å². The van der Waals surface area contributed by atoms with Crippen LogP contribution in [0, 0.1) is 17.3 Å². The maximum Gasteiger partial charge on any atom is 0.307 e. The monoisotopic (exact) mass is 291 g/mol. The van der Waals surface area contributed by atoms with Crippen molar-refractivity contribution in [2.24, 2.45) is 17.3 Å². The summed E-state index contributed by atoms with van der Waals surface area (Å²) in [4.78, 5) is 23.3. The van der Waals surface area contributed by atoms with Gasteiger partial charge in [-0.15, -0.1) is 0 Å². The standard InChI is InChI=1S/C16H21NO4/c1-16(2)12(13(16)15(19)20)14(18)17-8-10-6-4-5-7-11(10)9-21-3/h4-7,12-13H,8-9H2,1-3H3,(H,17,18)(H,19,20)/t12-,13+/m1/s1. The molecule has 0 saturated heterocycles. The van der Waals surface area contributed by atoms with Crippen LogP contribution in [-0.4, -0.2) is 24.1 Å². The van der Waals surface area contributed by atoms with Crippen molar-refractivity contribution in [2.45, 2.75) is 27.0 Å². The van der Waals surface area contributed by atoms with Crippen LogP contribution in [0.4, 0.5) is 0 Å². The second kappa shape index (κ2) is 5.85. The Bertz CT molecular complexity index is 553. The Morgan fingerprint density at radius 3 is 2.38 bits per heavy atom. The lowest BCUT2D eigenvalue weighted by Gasteiger charge is -2.10. The van der Waals surface area contributed by atoms with E-state index in [4.69, 9.17) is 9.84 Å². The van der Waals surface area contributed by atoms with Crippen LogP contribution < -0.4 is 5.32 Å². The molecule has 1 aromatic carbocycles. The highest BCUT2D eigenvalue weighted by molar-refractivity contribution is 5.91. The summed E-state index contributed by atoms with van der Waals surface area (Å²) in [6.45, 7) is 4.50. The molecule has 2 atom stereocenters. The molecule has 0 radical (unpaired) electrons. The third-order valence-corrected chi connectivity index (χ3v) is 4.25. The number of nitrogens with one attached hydrogen (secondary N) is 1. The number of amides is 1. The molecule has 0 aromatic heterocycles. The fourth-order valence-corrected chi connectivity index (χ4v) is 2.91. The maximum absolute atomic E-state index is 12.2. The summed E-state index contributed by atoms with van der Waals surface area (Å²) < 4.78 is 5.13. The van der Waals surface area contributed by atoms with Crippen molar-refractivity contribution in [1.29, 1.82) is 0 Å². The molecule has 21 heavy (non-hydrogen) atoms. The van der Waals surface area contributed by atoms with Crippen LogP contribution in [-0.2, 0) is 27.5 Å². The van der Waals surface area contributed by atoms with E-state index in [0.717, 1.165) is 11.1 Å². The molecule has 0 heterocycles. The number of carbonyl (C=O) groups is 2. The molecule has 0 spiro atoms. The Hall–Kier alpha value is -1.88. The minimum Gasteiger partial charge on any atom is -0.481 e. The Labute approximate surface area is 124 Å². The van der Waals surface area contributed by atoms with Gasteiger partial charge in [-0.3, -0.25) is 9.59 Å². The molecule has 1 aromatic rings. The summed E-state index contributed by atoms with van der Waals surface area (Å²) in [5, 5.41) is 12.0. The molecule has 1 aliphatic carbocycles. The Morgan fingerprint density at radius 1 is 1.24 bits per heavy atom. The van der Waals surface area contributed by atoms with Gasteiger partial charge in [0, 0.05) is 13.7 Å². The lowest BCUT2D eigenvalue weighted by Crippen LogP contribution is -2.27. The summed E-state index contributed by atoms with van der Waals surface area (Å²) in [5.41, 5.74) is 1.53. The Kier molecular flexibility index (Phi) is 4.32. The van der Waals surface area contributed by atoms with Crippen molar-refractivity contribution in [2.75, 3.05) is 7.11 Å². The molecule has 2 rings (SSSR count). The average Bonchev–Trinajstić information content (AvgIpc) is 3.01. The summed E-state index contributed by atoms with van der Waals surface area (Å²) in [7, 11) is 1.62. The zero-order chi connectivity index (χ0) is 15.6. The van der Waals surface area contributed by atoms with Crippen molar-refractivity contribution < 1.29 is 19.4 Å². The molecule has 114 valence electrons. The van der Waals surface area contributed by atoms with Gasteiger partial charge in [0.1, 0.15) is 0 Å². The van der Waals surface area contributed by atoms with Crippen LogP contribution >= 0.6 is 0 Å². The predicted octanol–water partition coefficient (Wildman–Crippen LogP) is 1.81. The molecular weight excluding hydrogens is 270 g/mol. The van der Waals surface area contributed by atoms with E-state index in [1.54, 1.807) is 7.11 Å². The van der Waals surface area contributed by atoms with Gasteiger partial charge in [-0.1, -0.05) is 38.1 Å². The molecule has 5 heteroatoms. The van der Waals surface area contributed by atoms with Gasteiger partial charge in [0.05, 0.1) is 18.4 Å². The number of benzene rings is 1. The largest absolute Gasteiger partial charge is 0.481 e. The Morgan fingerprint density at radius 2 is 1.86 bits per heavy atom. The molecule has 0 bridgehead atoms. The molecule has 2 N–H and O–H groups in total. The number of carbonyl (C=O) groups excluding carboxylic acids is 1. The van der Waals surface area contributed by atoms with Gasteiger partial charge in [0.2, 0.25) is 5.91 Å². The fourth-order valence-electron chi connectivity index (χ4n) is 2.91. The summed E-state index contributed by atoms with van der Waals surface area (Å²) in [5.74, 6) is -2.14. The number of aliphatic carboxylic acids is 1. The van der Waals surface area contributed by atoms with E-state index in [-0.39, 0.29) is 5.91 Å². The van der Waals surface area contributed by atoms with E-state index in [1.165, 1.54) is 0 Å². The normalized spacial score (nSPS) is 22.6. The number of methoxy groups -OCH3 is 1. The first kappa shape index (κ1) is 15.5. The van der Waals surface area contributed by atoms with E-state index in [9.17, 15) is 9.59 Å². The Balaban J connectivity index is 1.98. The van der Waals surface area contributed by atoms with Crippen molar-refractivity contribution >= 4 is 11.9 Å². The van der Waals surface area contributed by atoms with Crippen molar-refractivity contribution in [1.82, 2.24) is 5.32 Å². The third-order valence-electron chi connectivity index (χ3n) is 4.25. The molecule has 1 aliphatic rings. The smallest absolute Gasteiger partial charge is 0.307 e. The number of hydrogen-bond donors (Lipinski definition) is 2. The predicted molar refractivity (Wildman–Crippen MR) is 77.4 cm³/mol. The van der Waals surface area contributed by atoms with Gasteiger partial charge in [0.25, 0.3) is 0 Å². The fraction of sp³-hybridized carbons (Fsp3) is 0.500. The number of hydrogen-bond acceptors (Lipinski definition) is 3. The number of rotatable bonds is 6. The van der Waals surface area contributed by atoms with Crippen molar-refractivity contribution in [3.63, 3.8) is 0 Å². The summed E-state index contributed by atoms with van der Waals surface area (Å²) in [6.07, 6.45) is 0. The molecule has 1 fully saturated rings. The van der Waals surface area contributed by atoms with Crippen LogP contribution in [0.25, 0.3) is 0 Å². The minimum atomic E-state index is -0.903. The SMILES string of the molecule is COCc1ccccc1CNC(=O)[C@H]1[C@@H](C(=O)O)C1(C)C. The van der Waals surface area contributed by atoms with Crippen LogP contribution in [0.2, 0.25) is 0 Å². The van der Waals surface area contributed by atoms with Crippen LogP contribution in [0.5, 0.6) is 0 Å². The van der Waals surface area contributed by atoms with Crippen LogP contribution in [0.15, 0.2) is 24.3 Å². The van der Waals surface area contributed by atoms with Gasteiger partial charge in [-0.05, 0) is 16.5 Å². The highest BCUT2D eigenvalue weighted by Gasteiger charge is 2.65. The number of carboxylic acids is 1. The lowest BCUT2D eigenvalue weighted by atomic mass is 10.1. The second-order valence-electron chi connectivity index (χ2n) is 6.03. The van der Waals surface area contributed by atoms with Crippen LogP contribution in [0.1, 0.15) is 25.0 Å². The average molecular weight is 291 g/mol. The van der Waals surface area contributed by atoms with E-state index >= 15 is 0 Å². The second-order valence-corrected chi connectivity index (χ2v) is 6.03. The topological polar surface area (TPSA) is 75.6 Å². The first-order valence-electron chi connectivity index (χ1n) is 6.95. The minimum absolute atomic E-state index is 0.195. The van der Waals surface area contributed by atoms with Gasteiger partial charge in [0.15, 0.2) is 0 Å². The molecular formula is C16H21NO4. The zero-order valence-electron chi connectivity index (χ0n) is 12.6. The highest BCUT2D eigenvalue weighted by atomic mass is 16.5.